The number of phenolic OH excluding ortho intramolecular Hbond substituents is 2. The molecule has 2 nitrogen and oxygen atoms in total. The van der Waals surface area contributed by atoms with Gasteiger partial charge in [-0.05, 0) is 17.9 Å². The highest BCUT2D eigenvalue weighted by atomic mass is 35.5. The van der Waals surface area contributed by atoms with Gasteiger partial charge in [0, 0.05) is 11.6 Å². The number of benzene rings is 1. The monoisotopic (exact) mass is 256 g/mol. The van der Waals surface area contributed by atoms with Gasteiger partial charge in [-0.3, -0.25) is 0 Å². The van der Waals surface area contributed by atoms with Crippen LogP contribution < -0.4 is 0 Å². The Morgan fingerprint density at radius 3 is 2.35 bits per heavy atom. The molecule has 1 aromatic rings. The average Bonchev–Trinajstić information content (AvgIpc) is 2.23. The zero-order chi connectivity index (χ0) is 13.1. The molecule has 17 heavy (non-hydrogen) atoms. The highest BCUT2D eigenvalue weighted by Crippen LogP contribution is 2.40. The van der Waals surface area contributed by atoms with Crippen LogP contribution in [0.1, 0.15) is 52.0 Å². The summed E-state index contributed by atoms with van der Waals surface area (Å²) in [6, 6.07) is 2.98. The van der Waals surface area contributed by atoms with Gasteiger partial charge < -0.3 is 10.2 Å². The fourth-order valence-corrected chi connectivity index (χ4v) is 2.20. The quantitative estimate of drug-likeness (QED) is 0.597. The summed E-state index contributed by atoms with van der Waals surface area (Å²) in [6.07, 6.45) is 4.46. The molecule has 0 aliphatic heterocycles. The standard InChI is InChI=1S/C14H21ClO2/c1-4-5-6-7-14(2,3)10-8-13(17)11(15)9-12(10)16/h8-9,16-17H,4-7H2,1-3H3. The van der Waals surface area contributed by atoms with E-state index < -0.39 is 0 Å². The fourth-order valence-electron chi connectivity index (χ4n) is 2.05. The van der Waals surface area contributed by atoms with Crippen molar-refractivity contribution in [3.63, 3.8) is 0 Å². The van der Waals surface area contributed by atoms with Gasteiger partial charge in [-0.25, -0.2) is 0 Å². The van der Waals surface area contributed by atoms with Crippen LogP contribution in [0, 0.1) is 0 Å². The lowest BCUT2D eigenvalue weighted by Crippen LogP contribution is -2.17. The van der Waals surface area contributed by atoms with E-state index in [-0.39, 0.29) is 21.9 Å². The molecule has 0 bridgehead atoms. The second kappa shape index (κ2) is 5.63. The third kappa shape index (κ3) is 3.53. The minimum atomic E-state index is -0.151. The van der Waals surface area contributed by atoms with Crippen molar-refractivity contribution in [2.45, 2.75) is 51.9 Å². The second-order valence-electron chi connectivity index (χ2n) is 5.16. The van der Waals surface area contributed by atoms with Crippen LogP contribution in [0.5, 0.6) is 11.5 Å². The molecule has 0 radical (unpaired) electrons. The second-order valence-corrected chi connectivity index (χ2v) is 5.57. The zero-order valence-corrected chi connectivity index (χ0v) is 11.5. The Kier molecular flexibility index (Phi) is 4.70. The Hall–Kier alpha value is -0.890. The van der Waals surface area contributed by atoms with Gasteiger partial charge in [0.05, 0.1) is 5.02 Å². The van der Waals surface area contributed by atoms with Gasteiger partial charge in [0.2, 0.25) is 0 Å². The summed E-state index contributed by atoms with van der Waals surface area (Å²) in [5, 5.41) is 19.7. The van der Waals surface area contributed by atoms with E-state index in [0.29, 0.717) is 0 Å². The summed E-state index contributed by atoms with van der Waals surface area (Å²) in [6.45, 7) is 6.31. The molecule has 0 aliphatic carbocycles. The molecule has 0 saturated carbocycles. The summed E-state index contributed by atoms with van der Waals surface area (Å²) in [5.74, 6) is 0.192. The predicted molar refractivity (Wildman–Crippen MR) is 71.9 cm³/mol. The number of hydrogen-bond acceptors (Lipinski definition) is 2. The van der Waals surface area contributed by atoms with Gasteiger partial charge in [-0.1, -0.05) is 51.6 Å². The Morgan fingerprint density at radius 1 is 1.12 bits per heavy atom. The van der Waals surface area contributed by atoms with Crippen LogP contribution in [0.4, 0.5) is 0 Å². The molecule has 0 atom stereocenters. The largest absolute Gasteiger partial charge is 0.508 e. The highest BCUT2D eigenvalue weighted by Gasteiger charge is 2.24. The molecule has 3 heteroatoms. The molecule has 96 valence electrons. The van der Waals surface area contributed by atoms with Crippen LogP contribution in [0.25, 0.3) is 0 Å². The summed E-state index contributed by atoms with van der Waals surface area (Å²) >= 11 is 5.75. The van der Waals surface area contributed by atoms with Gasteiger partial charge in [0.15, 0.2) is 0 Å². The maximum atomic E-state index is 9.91. The molecule has 1 aromatic carbocycles. The van der Waals surface area contributed by atoms with E-state index in [2.05, 4.69) is 20.8 Å². The lowest BCUT2D eigenvalue weighted by Gasteiger charge is -2.26. The third-order valence-electron chi connectivity index (χ3n) is 3.20. The van der Waals surface area contributed by atoms with Crippen LogP contribution in [0.2, 0.25) is 5.02 Å². The van der Waals surface area contributed by atoms with Crippen molar-refractivity contribution < 1.29 is 10.2 Å². The molecule has 0 fully saturated rings. The zero-order valence-electron chi connectivity index (χ0n) is 10.8. The van der Waals surface area contributed by atoms with E-state index >= 15 is 0 Å². The van der Waals surface area contributed by atoms with Gasteiger partial charge >= 0.3 is 0 Å². The first-order chi connectivity index (χ1) is 7.88. The first kappa shape index (κ1) is 14.2. The summed E-state index contributed by atoms with van der Waals surface area (Å²) in [5.41, 5.74) is 0.608. The predicted octanol–water partition coefficient (Wildman–Crippen LogP) is 4.61. The topological polar surface area (TPSA) is 40.5 Å². The normalized spacial score (nSPS) is 11.8. The van der Waals surface area contributed by atoms with Crippen molar-refractivity contribution in [2.75, 3.05) is 0 Å². The van der Waals surface area contributed by atoms with E-state index in [1.807, 2.05) is 0 Å². The Morgan fingerprint density at radius 2 is 1.76 bits per heavy atom. The molecule has 0 unspecified atom stereocenters. The van der Waals surface area contributed by atoms with Crippen LogP contribution in [-0.4, -0.2) is 10.2 Å². The first-order valence-electron chi connectivity index (χ1n) is 6.10. The Bertz CT molecular complexity index is 386. The van der Waals surface area contributed by atoms with Gasteiger partial charge in [-0.2, -0.15) is 0 Å². The Balaban J connectivity index is 2.93. The van der Waals surface area contributed by atoms with E-state index in [9.17, 15) is 10.2 Å². The SMILES string of the molecule is CCCCCC(C)(C)c1cc(O)c(Cl)cc1O. The molecule has 0 aliphatic rings. The van der Waals surface area contributed by atoms with Crippen LogP contribution in [0.3, 0.4) is 0 Å². The molecule has 0 saturated heterocycles. The number of phenols is 2. The van der Waals surface area contributed by atoms with Crippen LogP contribution in [0.15, 0.2) is 12.1 Å². The highest BCUT2D eigenvalue weighted by molar-refractivity contribution is 6.32. The fraction of sp³-hybridized carbons (Fsp3) is 0.571. The van der Waals surface area contributed by atoms with Crippen molar-refractivity contribution in [1.82, 2.24) is 0 Å². The molecule has 1 rings (SSSR count). The lowest BCUT2D eigenvalue weighted by molar-refractivity contribution is 0.402. The van der Waals surface area contributed by atoms with E-state index in [1.165, 1.54) is 18.9 Å². The molecule has 0 spiro atoms. The van der Waals surface area contributed by atoms with Gasteiger partial charge in [0.25, 0.3) is 0 Å². The number of aromatic hydroxyl groups is 2. The maximum absolute atomic E-state index is 9.91. The van der Waals surface area contributed by atoms with E-state index in [0.717, 1.165) is 18.4 Å². The van der Waals surface area contributed by atoms with Gasteiger partial charge in [-0.15, -0.1) is 0 Å². The molecule has 0 aromatic heterocycles. The molecular formula is C14H21ClO2. The first-order valence-corrected chi connectivity index (χ1v) is 6.48. The minimum Gasteiger partial charge on any atom is -0.508 e. The van der Waals surface area contributed by atoms with Crippen molar-refractivity contribution in [1.29, 1.82) is 0 Å². The number of rotatable bonds is 5. The lowest BCUT2D eigenvalue weighted by atomic mass is 9.79. The molecule has 2 N–H and O–H groups in total. The maximum Gasteiger partial charge on any atom is 0.134 e. The molecule has 0 heterocycles. The van der Waals surface area contributed by atoms with Crippen LogP contribution >= 0.6 is 11.6 Å². The summed E-state index contributed by atoms with van der Waals surface area (Å²) in [4.78, 5) is 0. The van der Waals surface area contributed by atoms with Gasteiger partial charge in [0.1, 0.15) is 11.5 Å². The van der Waals surface area contributed by atoms with Crippen molar-refractivity contribution in [3.05, 3.63) is 22.7 Å². The minimum absolute atomic E-state index is 0.0306. The number of unbranched alkanes of at least 4 members (excludes halogenated alkanes) is 2. The summed E-state index contributed by atoms with van der Waals surface area (Å²) < 4.78 is 0. The summed E-state index contributed by atoms with van der Waals surface area (Å²) in [7, 11) is 0. The molecular weight excluding hydrogens is 236 g/mol. The van der Waals surface area contributed by atoms with Crippen LogP contribution in [-0.2, 0) is 5.41 Å². The van der Waals surface area contributed by atoms with E-state index in [1.54, 1.807) is 6.07 Å². The number of halogens is 1. The van der Waals surface area contributed by atoms with Crippen molar-refractivity contribution in [2.24, 2.45) is 0 Å². The van der Waals surface area contributed by atoms with E-state index in [4.69, 9.17) is 11.6 Å². The smallest absolute Gasteiger partial charge is 0.134 e. The number of hydrogen-bond donors (Lipinski definition) is 2. The van der Waals surface area contributed by atoms with Crippen molar-refractivity contribution >= 4 is 11.6 Å². The average molecular weight is 257 g/mol. The molecule has 0 amide bonds. The Labute approximate surface area is 108 Å². The van der Waals surface area contributed by atoms with Crippen molar-refractivity contribution in [3.8, 4) is 11.5 Å². The third-order valence-corrected chi connectivity index (χ3v) is 3.50.